The zero-order valence-corrected chi connectivity index (χ0v) is 22.2. The Balaban J connectivity index is 1.37. The van der Waals surface area contributed by atoms with Crippen LogP contribution in [0, 0.1) is 17.9 Å². The van der Waals surface area contributed by atoms with Gasteiger partial charge in [0.2, 0.25) is 5.91 Å². The SMILES string of the molecule is CC(C)C(=O)NC1=C/NC#CC/C(c2cnc3[nH]nc(-c4nc5c(N6CCN(C)CC6)cncc5[nH]4)c3c2)=C\1. The molecular weight excluding hydrogens is 492 g/mol. The summed E-state index contributed by atoms with van der Waals surface area (Å²) < 4.78 is 0. The number of fused-ring (bicyclic) bond motifs is 2. The molecule has 2 aliphatic heterocycles. The summed E-state index contributed by atoms with van der Waals surface area (Å²) in [5.41, 5.74) is 6.59. The molecule has 0 aliphatic carbocycles. The fourth-order valence-electron chi connectivity index (χ4n) is 4.70. The molecule has 0 unspecified atom stereocenters. The van der Waals surface area contributed by atoms with Crippen molar-refractivity contribution in [1.82, 2.24) is 45.7 Å². The molecule has 1 fully saturated rings. The number of rotatable bonds is 5. The summed E-state index contributed by atoms with van der Waals surface area (Å²) in [5.74, 6) is 3.56. The Hall–Kier alpha value is -4.69. The molecule has 198 valence electrons. The lowest BCUT2D eigenvalue weighted by molar-refractivity contribution is -0.123. The van der Waals surface area contributed by atoms with Gasteiger partial charge in [0.05, 0.1) is 34.7 Å². The number of amides is 1. The Morgan fingerprint density at radius 1 is 1.15 bits per heavy atom. The molecule has 0 atom stereocenters. The number of nitrogens with zero attached hydrogens (tertiary/aromatic N) is 6. The first-order valence-corrected chi connectivity index (χ1v) is 13.0. The Kier molecular flexibility index (Phi) is 6.46. The van der Waals surface area contributed by atoms with Crippen LogP contribution in [0.5, 0.6) is 0 Å². The van der Waals surface area contributed by atoms with Gasteiger partial charge in [-0.05, 0) is 30.3 Å². The van der Waals surface area contributed by atoms with Gasteiger partial charge in [-0.3, -0.25) is 14.9 Å². The summed E-state index contributed by atoms with van der Waals surface area (Å²) >= 11 is 0. The first kappa shape index (κ1) is 24.6. The normalized spacial score (nSPS) is 18.9. The van der Waals surface area contributed by atoms with Crippen molar-refractivity contribution in [2.24, 2.45) is 5.92 Å². The van der Waals surface area contributed by atoms with E-state index in [4.69, 9.17) is 4.98 Å². The topological polar surface area (TPSA) is 131 Å². The van der Waals surface area contributed by atoms with Crippen LogP contribution in [-0.2, 0) is 4.79 Å². The number of piperazine rings is 1. The fourth-order valence-corrected chi connectivity index (χ4v) is 4.70. The van der Waals surface area contributed by atoms with Crippen molar-refractivity contribution < 1.29 is 4.79 Å². The molecule has 11 heteroatoms. The number of aromatic nitrogens is 6. The molecule has 0 radical (unpaired) electrons. The first-order chi connectivity index (χ1) is 19.0. The number of pyridine rings is 2. The van der Waals surface area contributed by atoms with Crippen molar-refractivity contribution in [3.63, 3.8) is 0 Å². The predicted octanol–water partition coefficient (Wildman–Crippen LogP) is 2.60. The van der Waals surface area contributed by atoms with Gasteiger partial charge in [0.15, 0.2) is 11.5 Å². The highest BCUT2D eigenvalue weighted by Gasteiger charge is 2.21. The molecule has 1 amide bonds. The minimum atomic E-state index is -0.137. The van der Waals surface area contributed by atoms with Crippen LogP contribution in [0.3, 0.4) is 0 Å². The molecule has 11 nitrogen and oxygen atoms in total. The van der Waals surface area contributed by atoms with Crippen LogP contribution in [-0.4, -0.2) is 74.2 Å². The molecule has 4 N–H and O–H groups in total. The molecule has 0 saturated carbocycles. The zero-order chi connectivity index (χ0) is 26.9. The van der Waals surface area contributed by atoms with Gasteiger partial charge in [-0.15, -0.1) is 0 Å². The van der Waals surface area contributed by atoms with Gasteiger partial charge < -0.3 is 25.4 Å². The second kappa shape index (κ2) is 10.2. The third-order valence-corrected chi connectivity index (χ3v) is 7.02. The van der Waals surface area contributed by atoms with Gasteiger partial charge in [0.25, 0.3) is 0 Å². The molecule has 2 aliphatic rings. The highest BCUT2D eigenvalue weighted by atomic mass is 16.1. The fraction of sp³-hybridized carbons (Fsp3) is 0.321. The second-order valence-electron chi connectivity index (χ2n) is 10.2. The zero-order valence-electron chi connectivity index (χ0n) is 22.2. The molecule has 6 rings (SSSR count). The van der Waals surface area contributed by atoms with Crippen LogP contribution in [0.4, 0.5) is 5.69 Å². The van der Waals surface area contributed by atoms with Crippen molar-refractivity contribution in [3.05, 3.63) is 48.2 Å². The number of allylic oxidation sites excluding steroid dienone is 2. The summed E-state index contributed by atoms with van der Waals surface area (Å²) in [7, 11) is 2.14. The van der Waals surface area contributed by atoms with E-state index in [1.54, 1.807) is 18.6 Å². The lowest BCUT2D eigenvalue weighted by Gasteiger charge is -2.33. The van der Waals surface area contributed by atoms with E-state index in [-0.39, 0.29) is 11.8 Å². The van der Waals surface area contributed by atoms with Crippen LogP contribution in [0.1, 0.15) is 25.8 Å². The van der Waals surface area contributed by atoms with Crippen molar-refractivity contribution in [1.29, 1.82) is 0 Å². The van der Waals surface area contributed by atoms with Crippen LogP contribution < -0.4 is 15.5 Å². The van der Waals surface area contributed by atoms with Gasteiger partial charge in [-0.1, -0.05) is 19.8 Å². The summed E-state index contributed by atoms with van der Waals surface area (Å²) in [6.07, 6.45) is 9.60. The maximum atomic E-state index is 12.3. The first-order valence-electron chi connectivity index (χ1n) is 13.0. The van der Waals surface area contributed by atoms with E-state index in [1.807, 2.05) is 32.2 Å². The summed E-state index contributed by atoms with van der Waals surface area (Å²) in [5, 5.41) is 14.3. The maximum Gasteiger partial charge on any atom is 0.226 e. The molecule has 4 aromatic rings. The van der Waals surface area contributed by atoms with E-state index in [0.717, 1.165) is 59.4 Å². The smallest absolute Gasteiger partial charge is 0.226 e. The van der Waals surface area contributed by atoms with Crippen LogP contribution >= 0.6 is 0 Å². The summed E-state index contributed by atoms with van der Waals surface area (Å²) in [4.78, 5) is 34.4. The Bertz CT molecular complexity index is 1670. The minimum absolute atomic E-state index is 0.0619. The highest BCUT2D eigenvalue weighted by Crippen LogP contribution is 2.31. The van der Waals surface area contributed by atoms with E-state index < -0.39 is 0 Å². The van der Waals surface area contributed by atoms with E-state index in [2.05, 4.69) is 64.6 Å². The standard InChI is InChI=1S/C28H30N10O/c1-17(2)28(39)32-20-11-18(5-4-6-29-14-20)19-12-21-24(35-36-26(21)31-13-19)27-33-22-15-30-16-23(25(22)34-27)38-9-7-37(3)8-10-38/h11-17,29H,5,7-10H2,1-3H3,(H,32,39)(H,33,34)(H,31,35,36)/b18-11+,20-14+. The number of aromatic amines is 2. The lowest BCUT2D eigenvalue weighted by atomic mass is 10.0. The number of carbonyl (C=O) groups excluding carboxylic acids is 1. The maximum absolute atomic E-state index is 12.3. The molecule has 39 heavy (non-hydrogen) atoms. The number of likely N-dealkylation sites (N-methyl/N-ethyl adjacent to an activating group) is 1. The summed E-state index contributed by atoms with van der Waals surface area (Å²) in [6, 6.07) is 4.94. The Labute approximate surface area is 225 Å². The van der Waals surface area contributed by atoms with Gasteiger partial charge in [-0.2, -0.15) is 5.10 Å². The molecule has 4 aromatic heterocycles. The molecule has 0 spiro atoms. The third kappa shape index (κ3) is 4.94. The average molecular weight is 523 g/mol. The average Bonchev–Trinajstić information content (AvgIpc) is 3.54. The van der Waals surface area contributed by atoms with Crippen molar-refractivity contribution in [2.75, 3.05) is 38.1 Å². The second-order valence-corrected chi connectivity index (χ2v) is 10.2. The lowest BCUT2D eigenvalue weighted by Crippen LogP contribution is -2.44. The minimum Gasteiger partial charge on any atom is -0.366 e. The van der Waals surface area contributed by atoms with Gasteiger partial charge in [0, 0.05) is 57.0 Å². The van der Waals surface area contributed by atoms with E-state index in [9.17, 15) is 4.79 Å². The largest absolute Gasteiger partial charge is 0.366 e. The van der Waals surface area contributed by atoms with E-state index >= 15 is 0 Å². The number of hydrogen-bond donors (Lipinski definition) is 4. The van der Waals surface area contributed by atoms with Crippen LogP contribution in [0.15, 0.2) is 42.6 Å². The number of nitrogens with one attached hydrogen (secondary N) is 4. The number of H-pyrrole nitrogens is 2. The van der Waals surface area contributed by atoms with Crippen LogP contribution in [0.25, 0.3) is 39.2 Å². The van der Waals surface area contributed by atoms with Gasteiger partial charge >= 0.3 is 0 Å². The van der Waals surface area contributed by atoms with Crippen molar-refractivity contribution >= 4 is 39.2 Å². The predicted molar refractivity (Wildman–Crippen MR) is 151 cm³/mol. The Morgan fingerprint density at radius 3 is 2.82 bits per heavy atom. The molecule has 0 bridgehead atoms. The molecular formula is C28H30N10O. The van der Waals surface area contributed by atoms with E-state index in [0.29, 0.717) is 29.3 Å². The number of carbonyl (C=O) groups is 1. The molecule has 1 saturated heterocycles. The Morgan fingerprint density at radius 2 is 2.00 bits per heavy atom. The van der Waals surface area contributed by atoms with Gasteiger partial charge in [-0.25, -0.2) is 9.97 Å². The number of anilines is 1. The number of hydrogen-bond acceptors (Lipinski definition) is 8. The van der Waals surface area contributed by atoms with Crippen LogP contribution in [0.2, 0.25) is 0 Å². The molecule has 6 heterocycles. The monoisotopic (exact) mass is 522 g/mol. The highest BCUT2D eigenvalue weighted by molar-refractivity contribution is 5.95. The third-order valence-electron chi connectivity index (χ3n) is 7.02. The quantitative estimate of drug-likeness (QED) is 0.294. The van der Waals surface area contributed by atoms with Crippen molar-refractivity contribution in [2.45, 2.75) is 20.3 Å². The number of imidazole rings is 1. The van der Waals surface area contributed by atoms with Crippen molar-refractivity contribution in [3.8, 4) is 23.5 Å². The van der Waals surface area contributed by atoms with Gasteiger partial charge in [0.1, 0.15) is 11.2 Å². The molecule has 0 aromatic carbocycles. The summed E-state index contributed by atoms with van der Waals surface area (Å²) in [6.45, 7) is 7.58. The van der Waals surface area contributed by atoms with E-state index in [1.165, 1.54) is 0 Å².